The van der Waals surface area contributed by atoms with Gasteiger partial charge in [0.05, 0.1) is 11.9 Å². The van der Waals surface area contributed by atoms with E-state index in [2.05, 4.69) is 30.2 Å². The minimum Gasteiger partial charge on any atom is -0.379 e. The average molecular weight is 243 g/mol. The molecule has 17 heavy (non-hydrogen) atoms. The van der Waals surface area contributed by atoms with E-state index in [1.54, 1.807) is 23.6 Å². The van der Waals surface area contributed by atoms with Crippen LogP contribution in [0.3, 0.4) is 0 Å². The van der Waals surface area contributed by atoms with Crippen molar-refractivity contribution in [1.82, 2.24) is 4.98 Å². The summed E-state index contributed by atoms with van der Waals surface area (Å²) in [5.41, 5.74) is 2.72. The average Bonchev–Trinajstić information content (AvgIpc) is 2.67. The molecule has 0 fully saturated rings. The molecule has 0 aliphatic rings. The van der Waals surface area contributed by atoms with E-state index in [4.69, 9.17) is 5.26 Å². The maximum absolute atomic E-state index is 8.64. The summed E-state index contributed by atoms with van der Waals surface area (Å²) in [6.45, 7) is 5.05. The topological polar surface area (TPSA) is 48.7 Å². The van der Waals surface area contributed by atoms with Crippen LogP contribution < -0.4 is 5.32 Å². The number of aromatic nitrogens is 1. The van der Waals surface area contributed by atoms with Gasteiger partial charge in [0.2, 0.25) is 0 Å². The molecule has 2 rings (SSSR count). The van der Waals surface area contributed by atoms with Crippen molar-refractivity contribution >= 4 is 17.0 Å². The summed E-state index contributed by atoms with van der Waals surface area (Å²) in [6.07, 6.45) is 1.69. The van der Waals surface area contributed by atoms with E-state index < -0.39 is 0 Å². The quantitative estimate of drug-likeness (QED) is 0.900. The van der Waals surface area contributed by atoms with Crippen molar-refractivity contribution in [2.24, 2.45) is 0 Å². The zero-order chi connectivity index (χ0) is 12.3. The summed E-state index contributed by atoms with van der Waals surface area (Å²) in [5, 5.41) is 11.9. The number of aryl methyl sites for hydroxylation is 2. The second-order valence-electron chi connectivity index (χ2n) is 3.85. The fourth-order valence-electron chi connectivity index (χ4n) is 1.49. The van der Waals surface area contributed by atoms with Crippen LogP contribution in [0.25, 0.3) is 0 Å². The molecule has 0 spiro atoms. The van der Waals surface area contributed by atoms with Crippen molar-refractivity contribution in [3.05, 3.63) is 45.4 Å². The normalized spacial score (nSPS) is 9.94. The molecule has 2 aromatic rings. The number of anilines is 1. The molecule has 0 amide bonds. The molecule has 1 N–H and O–H groups in total. The largest absolute Gasteiger partial charge is 0.379 e. The van der Waals surface area contributed by atoms with Crippen molar-refractivity contribution in [2.45, 2.75) is 20.4 Å². The SMILES string of the molecule is Cc1cc(CNc2ccc(C#N)nc2)sc1C. The van der Waals surface area contributed by atoms with E-state index in [-0.39, 0.29) is 0 Å². The Balaban J connectivity index is 2.00. The lowest BCUT2D eigenvalue weighted by Crippen LogP contribution is -1.98. The molecule has 0 aliphatic heterocycles. The Kier molecular flexibility index (Phi) is 3.40. The Labute approximate surface area is 105 Å². The number of nitrogens with one attached hydrogen (secondary N) is 1. The third-order valence-corrected chi connectivity index (χ3v) is 3.71. The van der Waals surface area contributed by atoms with Crippen LogP contribution in [0, 0.1) is 25.2 Å². The molecule has 0 unspecified atom stereocenters. The Morgan fingerprint density at radius 1 is 1.41 bits per heavy atom. The highest BCUT2D eigenvalue weighted by Crippen LogP contribution is 2.21. The van der Waals surface area contributed by atoms with E-state index in [0.717, 1.165) is 12.2 Å². The standard InChI is InChI=1S/C13H13N3S/c1-9-5-13(17-10(9)2)8-16-12-4-3-11(6-14)15-7-12/h3-5,7,16H,8H2,1-2H3. The van der Waals surface area contributed by atoms with Gasteiger partial charge in [0.15, 0.2) is 0 Å². The maximum Gasteiger partial charge on any atom is 0.140 e. The zero-order valence-electron chi connectivity index (χ0n) is 9.82. The highest BCUT2D eigenvalue weighted by Gasteiger charge is 2.01. The first kappa shape index (κ1) is 11.6. The molecule has 0 aromatic carbocycles. The van der Waals surface area contributed by atoms with Gasteiger partial charge in [0.25, 0.3) is 0 Å². The first-order chi connectivity index (χ1) is 8.19. The van der Waals surface area contributed by atoms with Crippen molar-refractivity contribution in [3.63, 3.8) is 0 Å². The number of hydrogen-bond acceptors (Lipinski definition) is 4. The van der Waals surface area contributed by atoms with Crippen molar-refractivity contribution in [2.75, 3.05) is 5.32 Å². The van der Waals surface area contributed by atoms with Crippen LogP contribution in [0.4, 0.5) is 5.69 Å². The lowest BCUT2D eigenvalue weighted by molar-refractivity contribution is 1.16. The molecule has 86 valence electrons. The number of pyridine rings is 1. The zero-order valence-corrected chi connectivity index (χ0v) is 10.6. The monoisotopic (exact) mass is 243 g/mol. The van der Waals surface area contributed by atoms with E-state index in [0.29, 0.717) is 5.69 Å². The third-order valence-electron chi connectivity index (χ3n) is 2.56. The van der Waals surface area contributed by atoms with Gasteiger partial charge in [-0.2, -0.15) is 5.26 Å². The van der Waals surface area contributed by atoms with Crippen molar-refractivity contribution < 1.29 is 0 Å². The third kappa shape index (κ3) is 2.83. The predicted octanol–water partition coefficient (Wildman–Crippen LogP) is 3.24. The van der Waals surface area contributed by atoms with Gasteiger partial charge in [0.1, 0.15) is 11.8 Å². The van der Waals surface area contributed by atoms with Crippen molar-refractivity contribution in [3.8, 4) is 6.07 Å². The molecule has 3 nitrogen and oxygen atoms in total. The highest BCUT2D eigenvalue weighted by molar-refractivity contribution is 7.12. The van der Waals surface area contributed by atoms with E-state index >= 15 is 0 Å². The van der Waals surface area contributed by atoms with E-state index in [1.165, 1.54) is 15.3 Å². The Morgan fingerprint density at radius 2 is 2.24 bits per heavy atom. The minimum absolute atomic E-state index is 0.443. The summed E-state index contributed by atoms with van der Waals surface area (Å²) in [6, 6.07) is 7.79. The van der Waals surface area contributed by atoms with Gasteiger partial charge in [-0.15, -0.1) is 11.3 Å². The summed E-state index contributed by atoms with van der Waals surface area (Å²) in [5.74, 6) is 0. The van der Waals surface area contributed by atoms with Crippen molar-refractivity contribution in [1.29, 1.82) is 5.26 Å². The summed E-state index contributed by atoms with van der Waals surface area (Å²) < 4.78 is 0. The summed E-state index contributed by atoms with van der Waals surface area (Å²) in [7, 11) is 0. The van der Waals surface area contributed by atoms with Gasteiger partial charge >= 0.3 is 0 Å². The van der Waals surface area contributed by atoms with Crippen LogP contribution in [-0.2, 0) is 6.54 Å². The second-order valence-corrected chi connectivity index (χ2v) is 5.19. The number of nitrogens with zero attached hydrogens (tertiary/aromatic N) is 2. The lowest BCUT2D eigenvalue weighted by atomic mass is 10.3. The Bertz CT molecular complexity index is 530. The summed E-state index contributed by atoms with van der Waals surface area (Å²) >= 11 is 1.81. The molecule has 0 aliphatic carbocycles. The van der Waals surface area contributed by atoms with Crippen LogP contribution in [0.1, 0.15) is 21.0 Å². The highest BCUT2D eigenvalue weighted by atomic mass is 32.1. The molecular weight excluding hydrogens is 230 g/mol. The van der Waals surface area contributed by atoms with Gasteiger partial charge < -0.3 is 5.32 Å². The number of hydrogen-bond donors (Lipinski definition) is 1. The Morgan fingerprint density at radius 3 is 2.76 bits per heavy atom. The van der Waals surface area contributed by atoms with Crippen LogP contribution in [0.2, 0.25) is 0 Å². The maximum atomic E-state index is 8.64. The fourth-order valence-corrected chi connectivity index (χ4v) is 2.48. The van der Waals surface area contributed by atoms with Crippen LogP contribution >= 0.6 is 11.3 Å². The lowest BCUT2D eigenvalue weighted by Gasteiger charge is -2.03. The van der Waals surface area contributed by atoms with Crippen LogP contribution in [-0.4, -0.2) is 4.98 Å². The predicted molar refractivity (Wildman–Crippen MR) is 70.1 cm³/mol. The molecular formula is C13H13N3S. The number of rotatable bonds is 3. The molecule has 0 saturated carbocycles. The second kappa shape index (κ2) is 4.98. The molecule has 2 heterocycles. The number of nitriles is 1. The molecule has 2 aromatic heterocycles. The minimum atomic E-state index is 0.443. The first-order valence-electron chi connectivity index (χ1n) is 5.35. The van der Waals surface area contributed by atoms with Crippen LogP contribution in [0.5, 0.6) is 0 Å². The van der Waals surface area contributed by atoms with Gasteiger partial charge in [-0.3, -0.25) is 0 Å². The Hall–Kier alpha value is -1.86. The smallest absolute Gasteiger partial charge is 0.140 e. The van der Waals surface area contributed by atoms with Crippen LogP contribution in [0.15, 0.2) is 24.4 Å². The van der Waals surface area contributed by atoms with E-state index in [9.17, 15) is 0 Å². The molecule has 0 bridgehead atoms. The number of thiophene rings is 1. The van der Waals surface area contributed by atoms with Gasteiger partial charge in [-0.1, -0.05) is 0 Å². The molecule has 4 heteroatoms. The fraction of sp³-hybridized carbons (Fsp3) is 0.231. The first-order valence-corrected chi connectivity index (χ1v) is 6.16. The summed E-state index contributed by atoms with van der Waals surface area (Å²) in [4.78, 5) is 6.68. The van der Waals surface area contributed by atoms with Gasteiger partial charge in [-0.05, 0) is 37.6 Å². The van der Waals surface area contributed by atoms with Gasteiger partial charge in [0, 0.05) is 16.3 Å². The van der Waals surface area contributed by atoms with Gasteiger partial charge in [-0.25, -0.2) is 4.98 Å². The molecule has 0 radical (unpaired) electrons. The molecule has 0 saturated heterocycles. The van der Waals surface area contributed by atoms with E-state index in [1.807, 2.05) is 12.1 Å². The molecule has 0 atom stereocenters.